The molecule has 2 saturated heterocycles. The van der Waals surface area contributed by atoms with E-state index in [-0.39, 0.29) is 31.0 Å². The number of rotatable bonds is 7. The number of amides is 1. The monoisotopic (exact) mass is 601 g/mol. The number of anilines is 3. The Hall–Kier alpha value is -3.59. The van der Waals surface area contributed by atoms with E-state index in [0.29, 0.717) is 48.2 Å². The van der Waals surface area contributed by atoms with Crippen molar-refractivity contribution in [2.75, 3.05) is 48.4 Å². The molecule has 3 aromatic rings. The number of aromatic amines is 1. The molecule has 2 fully saturated rings. The van der Waals surface area contributed by atoms with E-state index in [1.165, 1.54) is 0 Å². The average molecular weight is 602 g/mol. The van der Waals surface area contributed by atoms with E-state index in [1.54, 1.807) is 6.07 Å². The summed E-state index contributed by atoms with van der Waals surface area (Å²) in [6, 6.07) is 8.08. The fraction of sp³-hybridized carbons (Fsp3) is 0.429. The third kappa shape index (κ3) is 5.84. The van der Waals surface area contributed by atoms with Crippen molar-refractivity contribution >= 4 is 33.1 Å². The quantitative estimate of drug-likeness (QED) is 0.324. The van der Waals surface area contributed by atoms with Crippen LogP contribution in [0.4, 0.5) is 26.0 Å². The number of hydrogen-bond donors (Lipinski definition) is 4. The van der Waals surface area contributed by atoms with Crippen LogP contribution >= 0.6 is 0 Å². The van der Waals surface area contributed by atoms with Gasteiger partial charge in [-0.15, -0.1) is 0 Å². The molecule has 0 saturated carbocycles. The molecule has 1 atom stereocenters. The van der Waals surface area contributed by atoms with Crippen molar-refractivity contribution in [3.05, 3.63) is 64.9 Å². The van der Waals surface area contributed by atoms with Crippen molar-refractivity contribution in [1.29, 1.82) is 0 Å². The van der Waals surface area contributed by atoms with Crippen LogP contribution in [0.15, 0.2) is 41.3 Å². The van der Waals surface area contributed by atoms with Crippen LogP contribution in [0.5, 0.6) is 0 Å². The Morgan fingerprint density at radius 1 is 1.07 bits per heavy atom. The topological polar surface area (TPSA) is 146 Å². The van der Waals surface area contributed by atoms with Crippen LogP contribution in [0.2, 0.25) is 0 Å². The van der Waals surface area contributed by atoms with Gasteiger partial charge in [0, 0.05) is 86.6 Å². The van der Waals surface area contributed by atoms with Crippen LogP contribution in [-0.4, -0.2) is 73.8 Å². The molecule has 1 aromatic heterocycles. The molecule has 2 aromatic carbocycles. The number of fused-ring (bicyclic) bond motifs is 1. The minimum Gasteiger partial charge on any atom is -0.381 e. The molecule has 0 aliphatic carbocycles. The van der Waals surface area contributed by atoms with Crippen molar-refractivity contribution < 1.29 is 26.7 Å². The number of nitrogens with zero attached hydrogens (tertiary/aromatic N) is 3. The van der Waals surface area contributed by atoms with Gasteiger partial charge in [0.25, 0.3) is 5.91 Å². The minimum absolute atomic E-state index is 0.0871. The lowest BCUT2D eigenvalue weighted by Gasteiger charge is -2.27. The highest BCUT2D eigenvalue weighted by molar-refractivity contribution is 7.89. The van der Waals surface area contributed by atoms with Gasteiger partial charge in [-0.05, 0) is 49.6 Å². The molecular weight excluding hydrogens is 568 g/mol. The number of carbonyl (C=O) groups is 1. The van der Waals surface area contributed by atoms with Gasteiger partial charge in [0.2, 0.25) is 10.0 Å². The summed E-state index contributed by atoms with van der Waals surface area (Å²) in [5.41, 5.74) is 9.37. The summed E-state index contributed by atoms with van der Waals surface area (Å²) in [5, 5.41) is 13.5. The Labute approximate surface area is 242 Å². The molecule has 0 bridgehead atoms. The number of sulfonamides is 1. The van der Waals surface area contributed by atoms with Crippen LogP contribution in [0.3, 0.4) is 0 Å². The van der Waals surface area contributed by atoms with E-state index in [2.05, 4.69) is 25.7 Å². The Morgan fingerprint density at radius 3 is 2.55 bits per heavy atom. The highest BCUT2D eigenvalue weighted by Crippen LogP contribution is 2.31. The van der Waals surface area contributed by atoms with Gasteiger partial charge in [0.05, 0.1) is 10.5 Å². The first-order chi connectivity index (χ1) is 20.2. The van der Waals surface area contributed by atoms with Crippen molar-refractivity contribution in [2.45, 2.75) is 49.2 Å². The number of halogens is 2. The Balaban J connectivity index is 1.24. The molecule has 224 valence electrons. The summed E-state index contributed by atoms with van der Waals surface area (Å²) in [6.07, 6.45) is 2.81. The Kier molecular flexibility index (Phi) is 7.87. The number of nitrogens with two attached hydrogens (primary N) is 1. The van der Waals surface area contributed by atoms with Gasteiger partial charge in [-0.2, -0.15) is 9.40 Å². The molecule has 0 spiro atoms. The SMILES string of the molecule is NC1CCN(c2ccc(C(=O)Nc3n[nH]c4c3CN(S(=O)(=O)c3cc(F)cc(F)c3)CC4)c(NC3CCOCC3)c2)C1. The predicted octanol–water partition coefficient (Wildman–Crippen LogP) is 2.82. The Morgan fingerprint density at radius 2 is 1.83 bits per heavy atom. The largest absolute Gasteiger partial charge is 0.381 e. The zero-order valence-electron chi connectivity index (χ0n) is 22.9. The molecule has 3 aliphatic rings. The Bertz CT molecular complexity index is 1570. The van der Waals surface area contributed by atoms with E-state index in [0.717, 1.165) is 54.5 Å². The molecule has 4 heterocycles. The minimum atomic E-state index is -4.20. The maximum absolute atomic E-state index is 13.8. The highest BCUT2D eigenvalue weighted by Gasteiger charge is 2.32. The predicted molar refractivity (Wildman–Crippen MR) is 153 cm³/mol. The molecule has 1 amide bonds. The zero-order chi connectivity index (χ0) is 29.4. The molecular formula is C28H33F2N7O4S. The third-order valence-electron chi connectivity index (χ3n) is 8.02. The molecule has 6 rings (SSSR count). The van der Waals surface area contributed by atoms with Crippen molar-refractivity contribution in [3.63, 3.8) is 0 Å². The van der Waals surface area contributed by atoms with E-state index in [1.807, 2.05) is 12.1 Å². The van der Waals surface area contributed by atoms with Crippen LogP contribution in [0.25, 0.3) is 0 Å². The lowest BCUT2D eigenvalue weighted by Crippen LogP contribution is -2.36. The van der Waals surface area contributed by atoms with Gasteiger partial charge >= 0.3 is 0 Å². The third-order valence-corrected chi connectivity index (χ3v) is 9.85. The second-order valence-corrected chi connectivity index (χ2v) is 12.9. The van der Waals surface area contributed by atoms with Gasteiger partial charge in [-0.1, -0.05) is 0 Å². The van der Waals surface area contributed by atoms with Gasteiger partial charge in [-0.25, -0.2) is 17.2 Å². The van der Waals surface area contributed by atoms with E-state index >= 15 is 0 Å². The fourth-order valence-electron chi connectivity index (χ4n) is 5.71. The number of nitrogens with one attached hydrogen (secondary N) is 3. The van der Waals surface area contributed by atoms with Gasteiger partial charge in [0.1, 0.15) is 11.6 Å². The molecule has 0 radical (unpaired) electrons. The maximum Gasteiger partial charge on any atom is 0.258 e. The summed E-state index contributed by atoms with van der Waals surface area (Å²) in [5.74, 6) is -2.17. The molecule has 3 aliphatic heterocycles. The van der Waals surface area contributed by atoms with E-state index < -0.39 is 32.5 Å². The van der Waals surface area contributed by atoms with E-state index in [4.69, 9.17) is 10.5 Å². The average Bonchev–Trinajstić information content (AvgIpc) is 3.58. The van der Waals surface area contributed by atoms with Crippen LogP contribution < -0.4 is 21.3 Å². The molecule has 11 nitrogen and oxygen atoms in total. The number of aromatic nitrogens is 2. The number of benzene rings is 2. The van der Waals surface area contributed by atoms with Gasteiger partial charge < -0.3 is 26.0 Å². The van der Waals surface area contributed by atoms with Crippen molar-refractivity contribution in [2.24, 2.45) is 5.73 Å². The molecule has 42 heavy (non-hydrogen) atoms. The summed E-state index contributed by atoms with van der Waals surface area (Å²) >= 11 is 0. The highest BCUT2D eigenvalue weighted by atomic mass is 32.2. The molecule has 1 unspecified atom stereocenters. The summed E-state index contributed by atoms with van der Waals surface area (Å²) in [4.78, 5) is 15.4. The number of hydrogen-bond acceptors (Lipinski definition) is 8. The van der Waals surface area contributed by atoms with Gasteiger partial charge in [-0.3, -0.25) is 9.89 Å². The smallest absolute Gasteiger partial charge is 0.258 e. The maximum atomic E-state index is 13.8. The lowest BCUT2D eigenvalue weighted by atomic mass is 10.1. The van der Waals surface area contributed by atoms with Crippen molar-refractivity contribution in [3.8, 4) is 0 Å². The lowest BCUT2D eigenvalue weighted by molar-refractivity contribution is 0.0904. The first-order valence-electron chi connectivity index (χ1n) is 14.0. The summed E-state index contributed by atoms with van der Waals surface area (Å²) in [6.45, 7) is 2.82. The van der Waals surface area contributed by atoms with Gasteiger partial charge in [0.15, 0.2) is 5.82 Å². The second kappa shape index (κ2) is 11.6. The summed E-state index contributed by atoms with van der Waals surface area (Å²) < 4.78 is 60.6. The molecule has 14 heteroatoms. The number of carbonyl (C=O) groups excluding carboxylic acids is 1. The fourth-order valence-corrected chi connectivity index (χ4v) is 7.16. The first kappa shape index (κ1) is 28.5. The van der Waals surface area contributed by atoms with Crippen LogP contribution in [-0.2, 0) is 27.7 Å². The standard InChI is InChI=1S/C28H33F2N7O4S/c29-17-11-18(30)13-22(12-17)42(39,40)37-8-4-25-24(16-37)27(35-34-25)33-28(38)23-2-1-21(36-7-3-19(31)15-36)14-26(23)32-20-5-9-41-10-6-20/h1-2,11-14,19-20,32H,3-10,15-16,31H2,(H2,33,34,35,38). The van der Waals surface area contributed by atoms with E-state index in [9.17, 15) is 22.0 Å². The number of ether oxygens (including phenoxy) is 1. The summed E-state index contributed by atoms with van der Waals surface area (Å²) in [7, 11) is -4.20. The number of H-pyrrole nitrogens is 1. The zero-order valence-corrected chi connectivity index (χ0v) is 23.7. The normalized spacial score (nSPS) is 20.0. The second-order valence-electron chi connectivity index (χ2n) is 10.9. The van der Waals surface area contributed by atoms with Crippen LogP contribution in [0.1, 0.15) is 40.9 Å². The molecule has 5 N–H and O–H groups in total. The van der Waals surface area contributed by atoms with Crippen LogP contribution in [0, 0.1) is 11.6 Å². The van der Waals surface area contributed by atoms with Crippen molar-refractivity contribution in [1.82, 2.24) is 14.5 Å². The first-order valence-corrected chi connectivity index (χ1v) is 15.4.